The van der Waals surface area contributed by atoms with Crippen LogP contribution in [0.3, 0.4) is 0 Å². The van der Waals surface area contributed by atoms with Crippen LogP contribution in [0.5, 0.6) is 0 Å². The summed E-state index contributed by atoms with van der Waals surface area (Å²) in [6, 6.07) is 4.56. The monoisotopic (exact) mass is 306 g/mol. The Labute approximate surface area is 114 Å². The molecule has 1 rings (SSSR count). The van der Waals surface area contributed by atoms with E-state index in [2.05, 4.69) is 4.72 Å². The Kier molecular flexibility index (Phi) is 4.94. The quantitative estimate of drug-likeness (QED) is 0.735. The van der Waals surface area contributed by atoms with Crippen LogP contribution in [-0.4, -0.2) is 34.9 Å². The van der Waals surface area contributed by atoms with Gasteiger partial charge in [0.05, 0.1) is 10.6 Å². The largest absolute Gasteiger partial charge is 0.399 e. The zero-order valence-corrected chi connectivity index (χ0v) is 12.5. The van der Waals surface area contributed by atoms with Crippen LogP contribution in [0.4, 0.5) is 5.69 Å². The first kappa shape index (κ1) is 15.9. The second-order valence-electron chi connectivity index (χ2n) is 4.16. The van der Waals surface area contributed by atoms with Crippen molar-refractivity contribution in [2.45, 2.75) is 18.7 Å². The number of aryl methyl sites for hydroxylation is 1. The molecule has 0 atom stereocenters. The van der Waals surface area contributed by atoms with Crippen molar-refractivity contribution >= 4 is 25.5 Å². The smallest absolute Gasteiger partial charge is 0.240 e. The standard InChI is InChI=1S/C11H18N2O4S2/c1-3-18(14,15)7-6-13-19(16,17)11-8-10(12)5-4-9(11)2/h4-5,8,13H,3,6-7,12H2,1-2H3. The lowest BCUT2D eigenvalue weighted by Crippen LogP contribution is -2.30. The molecule has 0 saturated carbocycles. The molecule has 1 aromatic rings. The summed E-state index contributed by atoms with van der Waals surface area (Å²) >= 11 is 0. The van der Waals surface area contributed by atoms with Crippen molar-refractivity contribution in [3.05, 3.63) is 23.8 Å². The Hall–Kier alpha value is -1.12. The maximum Gasteiger partial charge on any atom is 0.240 e. The van der Waals surface area contributed by atoms with Gasteiger partial charge in [-0.2, -0.15) is 0 Å². The van der Waals surface area contributed by atoms with Crippen molar-refractivity contribution in [1.82, 2.24) is 4.72 Å². The van der Waals surface area contributed by atoms with E-state index < -0.39 is 19.9 Å². The van der Waals surface area contributed by atoms with E-state index in [0.29, 0.717) is 11.3 Å². The molecule has 8 heteroatoms. The summed E-state index contributed by atoms with van der Waals surface area (Å²) in [5.41, 5.74) is 6.45. The highest BCUT2D eigenvalue weighted by atomic mass is 32.2. The molecule has 6 nitrogen and oxygen atoms in total. The summed E-state index contributed by atoms with van der Waals surface area (Å²) < 4.78 is 48.9. The first-order valence-corrected chi connectivity index (χ1v) is 9.04. The first-order valence-electron chi connectivity index (χ1n) is 5.74. The SMILES string of the molecule is CCS(=O)(=O)CCNS(=O)(=O)c1cc(N)ccc1C. The minimum Gasteiger partial charge on any atom is -0.399 e. The average Bonchev–Trinajstić information content (AvgIpc) is 2.31. The van der Waals surface area contributed by atoms with E-state index in [9.17, 15) is 16.8 Å². The number of nitrogens with two attached hydrogens (primary N) is 1. The second kappa shape index (κ2) is 5.89. The molecule has 3 N–H and O–H groups in total. The summed E-state index contributed by atoms with van der Waals surface area (Å²) in [7, 11) is -6.93. The van der Waals surface area contributed by atoms with Gasteiger partial charge in [-0.25, -0.2) is 21.6 Å². The third-order valence-electron chi connectivity index (χ3n) is 2.65. The zero-order chi connectivity index (χ0) is 14.7. The van der Waals surface area contributed by atoms with Gasteiger partial charge in [-0.05, 0) is 24.6 Å². The fraction of sp³-hybridized carbons (Fsp3) is 0.455. The molecule has 19 heavy (non-hydrogen) atoms. The Balaban J connectivity index is 2.85. The van der Waals surface area contributed by atoms with Crippen molar-refractivity contribution < 1.29 is 16.8 Å². The number of rotatable bonds is 6. The van der Waals surface area contributed by atoms with Crippen LogP contribution in [0.1, 0.15) is 12.5 Å². The maximum atomic E-state index is 12.0. The number of benzene rings is 1. The van der Waals surface area contributed by atoms with E-state index >= 15 is 0 Å². The van der Waals surface area contributed by atoms with Crippen LogP contribution in [0, 0.1) is 6.92 Å². The van der Waals surface area contributed by atoms with Crippen LogP contribution in [0.25, 0.3) is 0 Å². The van der Waals surface area contributed by atoms with E-state index in [4.69, 9.17) is 5.73 Å². The maximum absolute atomic E-state index is 12.0. The fourth-order valence-corrected chi connectivity index (χ4v) is 3.60. The number of anilines is 1. The predicted molar refractivity (Wildman–Crippen MR) is 75.1 cm³/mol. The molecule has 0 radical (unpaired) electrons. The van der Waals surface area contributed by atoms with E-state index in [1.807, 2.05) is 0 Å². The lowest BCUT2D eigenvalue weighted by molar-refractivity contribution is 0.580. The highest BCUT2D eigenvalue weighted by Crippen LogP contribution is 2.17. The van der Waals surface area contributed by atoms with Crippen LogP contribution < -0.4 is 10.5 Å². The lowest BCUT2D eigenvalue weighted by atomic mass is 10.2. The zero-order valence-electron chi connectivity index (χ0n) is 10.9. The van der Waals surface area contributed by atoms with Gasteiger partial charge >= 0.3 is 0 Å². The van der Waals surface area contributed by atoms with Gasteiger partial charge in [0, 0.05) is 18.0 Å². The highest BCUT2D eigenvalue weighted by Gasteiger charge is 2.18. The third kappa shape index (κ3) is 4.48. The summed E-state index contributed by atoms with van der Waals surface area (Å²) in [6.07, 6.45) is 0. The molecule has 0 spiro atoms. The van der Waals surface area contributed by atoms with Crippen LogP contribution in [0.2, 0.25) is 0 Å². The van der Waals surface area contributed by atoms with Crippen LogP contribution in [-0.2, 0) is 19.9 Å². The second-order valence-corrected chi connectivity index (χ2v) is 8.37. The molecule has 0 aliphatic carbocycles. The molecule has 0 aliphatic rings. The van der Waals surface area contributed by atoms with Gasteiger partial charge in [-0.3, -0.25) is 0 Å². The van der Waals surface area contributed by atoms with Crippen molar-refractivity contribution in [3.8, 4) is 0 Å². The Bertz CT molecular complexity index is 651. The van der Waals surface area contributed by atoms with E-state index in [0.717, 1.165) is 0 Å². The molecule has 0 bridgehead atoms. The normalized spacial score (nSPS) is 12.5. The van der Waals surface area contributed by atoms with Crippen molar-refractivity contribution in [3.63, 3.8) is 0 Å². The fourth-order valence-electron chi connectivity index (χ4n) is 1.46. The Morgan fingerprint density at radius 3 is 2.42 bits per heavy atom. The molecule has 0 heterocycles. The van der Waals surface area contributed by atoms with Crippen LogP contribution in [0.15, 0.2) is 23.1 Å². The highest BCUT2D eigenvalue weighted by molar-refractivity contribution is 7.91. The van der Waals surface area contributed by atoms with Gasteiger partial charge in [-0.15, -0.1) is 0 Å². The summed E-state index contributed by atoms with van der Waals surface area (Å²) in [5, 5.41) is 0. The van der Waals surface area contributed by atoms with Gasteiger partial charge in [0.2, 0.25) is 10.0 Å². The molecule has 0 amide bonds. The number of sulfonamides is 1. The molecule has 0 aliphatic heterocycles. The summed E-state index contributed by atoms with van der Waals surface area (Å²) in [6.45, 7) is 3.02. The van der Waals surface area contributed by atoms with Gasteiger partial charge < -0.3 is 5.73 Å². The summed E-state index contributed by atoms with van der Waals surface area (Å²) in [4.78, 5) is 0.0707. The van der Waals surface area contributed by atoms with Crippen molar-refractivity contribution in [1.29, 1.82) is 0 Å². The molecule has 1 aromatic carbocycles. The molecule has 108 valence electrons. The number of sulfone groups is 1. The van der Waals surface area contributed by atoms with Crippen LogP contribution >= 0.6 is 0 Å². The molecule has 0 unspecified atom stereocenters. The number of hydrogen-bond donors (Lipinski definition) is 2. The van der Waals surface area contributed by atoms with Crippen molar-refractivity contribution in [2.75, 3.05) is 23.8 Å². The van der Waals surface area contributed by atoms with Gasteiger partial charge in [0.25, 0.3) is 0 Å². The number of nitrogens with one attached hydrogen (secondary N) is 1. The molecular weight excluding hydrogens is 288 g/mol. The molecule has 0 saturated heterocycles. The summed E-state index contributed by atoms with van der Waals surface area (Å²) in [5.74, 6) is -0.226. The average molecular weight is 306 g/mol. The number of nitrogen functional groups attached to an aromatic ring is 1. The lowest BCUT2D eigenvalue weighted by Gasteiger charge is -2.10. The van der Waals surface area contributed by atoms with E-state index in [1.165, 1.54) is 13.0 Å². The minimum absolute atomic E-state index is 0.00790. The Morgan fingerprint density at radius 2 is 1.84 bits per heavy atom. The molecule has 0 aromatic heterocycles. The van der Waals surface area contributed by atoms with Gasteiger partial charge in [-0.1, -0.05) is 13.0 Å². The van der Waals surface area contributed by atoms with E-state index in [-0.39, 0.29) is 22.9 Å². The molecule has 0 fully saturated rings. The third-order valence-corrected chi connectivity index (χ3v) is 5.96. The first-order chi connectivity index (χ1) is 8.68. The molecular formula is C11H18N2O4S2. The predicted octanol–water partition coefficient (Wildman–Crippen LogP) is 0.290. The van der Waals surface area contributed by atoms with Gasteiger partial charge in [0.15, 0.2) is 9.84 Å². The minimum atomic E-state index is -3.74. The van der Waals surface area contributed by atoms with Gasteiger partial charge in [0.1, 0.15) is 0 Å². The topological polar surface area (TPSA) is 106 Å². The van der Waals surface area contributed by atoms with E-state index in [1.54, 1.807) is 19.1 Å². The Morgan fingerprint density at radius 1 is 1.21 bits per heavy atom. The van der Waals surface area contributed by atoms with Crippen molar-refractivity contribution in [2.24, 2.45) is 0 Å². The number of hydrogen-bond acceptors (Lipinski definition) is 5.